The number of halogens is 1. The number of furan rings is 1. The summed E-state index contributed by atoms with van der Waals surface area (Å²) in [5.74, 6) is 1.48. The van der Waals surface area contributed by atoms with Crippen LogP contribution < -0.4 is 4.74 Å². The number of hydrogen-bond donors (Lipinski definition) is 0. The molecule has 0 aliphatic carbocycles. The summed E-state index contributed by atoms with van der Waals surface area (Å²) >= 11 is 2.24. The summed E-state index contributed by atoms with van der Waals surface area (Å²) in [7, 11) is 1.73. The van der Waals surface area contributed by atoms with Gasteiger partial charge in [-0.05, 0) is 72.0 Å². The monoisotopic (exact) mass is 465 g/mol. The summed E-state index contributed by atoms with van der Waals surface area (Å²) in [6.45, 7) is 3.54. The smallest absolute Gasteiger partial charge is 0.289 e. The van der Waals surface area contributed by atoms with Crippen molar-refractivity contribution in [2.24, 2.45) is 0 Å². The molecule has 0 N–H and O–H groups in total. The second-order valence-corrected chi connectivity index (χ2v) is 7.08. The summed E-state index contributed by atoms with van der Waals surface area (Å²) in [4.78, 5) is 14.1. The lowest BCUT2D eigenvalue weighted by atomic mass is 10.3. The molecule has 6 nitrogen and oxygen atoms in total. The van der Waals surface area contributed by atoms with Gasteiger partial charge in [0.1, 0.15) is 18.1 Å². The molecule has 2 heterocycles. The fourth-order valence-electron chi connectivity index (χ4n) is 2.42. The highest BCUT2D eigenvalue weighted by Gasteiger charge is 2.17. The maximum Gasteiger partial charge on any atom is 0.289 e. The molecule has 136 valence electrons. The summed E-state index contributed by atoms with van der Waals surface area (Å²) in [5, 5.41) is 4.39. The number of nitrogens with zero attached hydrogens (tertiary/aromatic N) is 3. The normalized spacial score (nSPS) is 10.7. The SMILES string of the molecule is CCn1ccc(CN(C)C(=O)c2ccc(COc3ccc(I)cc3)o2)n1. The summed E-state index contributed by atoms with van der Waals surface area (Å²) in [5.41, 5.74) is 0.844. The van der Waals surface area contributed by atoms with Crippen LogP contribution in [-0.4, -0.2) is 27.6 Å². The van der Waals surface area contributed by atoms with Gasteiger partial charge in [0.15, 0.2) is 5.76 Å². The van der Waals surface area contributed by atoms with Crippen LogP contribution in [0.15, 0.2) is 53.1 Å². The van der Waals surface area contributed by atoms with Crippen LogP contribution in [0.3, 0.4) is 0 Å². The Morgan fingerprint density at radius 2 is 2.00 bits per heavy atom. The Morgan fingerprint density at radius 3 is 2.69 bits per heavy atom. The van der Waals surface area contributed by atoms with E-state index in [1.165, 1.54) is 0 Å². The molecule has 1 amide bonds. The van der Waals surface area contributed by atoms with Gasteiger partial charge in [-0.25, -0.2) is 0 Å². The van der Waals surface area contributed by atoms with Gasteiger partial charge in [-0.15, -0.1) is 0 Å². The molecular weight excluding hydrogens is 445 g/mol. The number of rotatable bonds is 7. The van der Waals surface area contributed by atoms with Crippen molar-refractivity contribution in [3.05, 3.63) is 69.4 Å². The molecule has 26 heavy (non-hydrogen) atoms. The van der Waals surface area contributed by atoms with Gasteiger partial charge in [0.05, 0.1) is 12.2 Å². The highest BCUT2D eigenvalue weighted by molar-refractivity contribution is 14.1. The van der Waals surface area contributed by atoms with Crippen molar-refractivity contribution < 1.29 is 13.9 Å². The number of ether oxygens (including phenoxy) is 1. The molecule has 0 aliphatic heterocycles. The summed E-state index contributed by atoms with van der Waals surface area (Å²) < 4.78 is 14.3. The zero-order valence-corrected chi connectivity index (χ0v) is 16.8. The standard InChI is InChI=1S/C19H20IN3O3/c1-3-23-11-10-15(21-23)12-22(2)19(24)18-9-8-17(26-18)13-25-16-6-4-14(20)5-7-16/h4-11H,3,12-13H2,1-2H3. The Hall–Kier alpha value is -2.29. The second kappa shape index (κ2) is 8.39. The Kier molecular flexibility index (Phi) is 5.97. The third-order valence-electron chi connectivity index (χ3n) is 3.83. The first-order chi connectivity index (χ1) is 12.5. The Bertz CT molecular complexity index is 870. The molecule has 0 atom stereocenters. The first-order valence-electron chi connectivity index (χ1n) is 8.30. The molecule has 0 aliphatic rings. The highest BCUT2D eigenvalue weighted by Crippen LogP contribution is 2.17. The van der Waals surface area contributed by atoms with Crippen molar-refractivity contribution in [3.8, 4) is 5.75 Å². The number of carbonyl (C=O) groups is 1. The molecule has 0 bridgehead atoms. The minimum absolute atomic E-state index is 0.184. The number of aryl methyl sites for hydroxylation is 1. The van der Waals surface area contributed by atoms with Gasteiger partial charge in [-0.1, -0.05) is 0 Å². The largest absolute Gasteiger partial charge is 0.486 e. The third kappa shape index (κ3) is 4.66. The maximum absolute atomic E-state index is 12.5. The van der Waals surface area contributed by atoms with Gasteiger partial charge in [0.25, 0.3) is 5.91 Å². The van der Waals surface area contributed by atoms with Crippen LogP contribution in [0.25, 0.3) is 0 Å². The minimum Gasteiger partial charge on any atom is -0.486 e. The van der Waals surface area contributed by atoms with Crippen molar-refractivity contribution in [2.45, 2.75) is 26.6 Å². The molecule has 7 heteroatoms. The lowest BCUT2D eigenvalue weighted by molar-refractivity contribution is 0.0747. The van der Waals surface area contributed by atoms with Crippen LogP contribution in [-0.2, 0) is 19.7 Å². The van der Waals surface area contributed by atoms with E-state index in [-0.39, 0.29) is 12.5 Å². The molecule has 3 rings (SSSR count). The predicted octanol–water partition coefficient (Wildman–Crippen LogP) is 3.95. The highest BCUT2D eigenvalue weighted by atomic mass is 127. The van der Waals surface area contributed by atoms with E-state index in [1.54, 1.807) is 24.1 Å². The number of hydrogen-bond acceptors (Lipinski definition) is 4. The Balaban J connectivity index is 1.57. The van der Waals surface area contributed by atoms with Gasteiger partial charge in [-0.3, -0.25) is 9.48 Å². The third-order valence-corrected chi connectivity index (χ3v) is 4.55. The van der Waals surface area contributed by atoms with Crippen LogP contribution in [0.4, 0.5) is 0 Å². The van der Waals surface area contributed by atoms with E-state index in [1.807, 2.05) is 48.1 Å². The fraction of sp³-hybridized carbons (Fsp3) is 0.263. The van der Waals surface area contributed by atoms with Gasteiger partial charge >= 0.3 is 0 Å². The van der Waals surface area contributed by atoms with Crippen molar-refractivity contribution in [3.63, 3.8) is 0 Å². The average Bonchev–Trinajstić information content (AvgIpc) is 3.30. The van der Waals surface area contributed by atoms with Gasteiger partial charge in [0, 0.05) is 23.4 Å². The first-order valence-corrected chi connectivity index (χ1v) is 9.38. The van der Waals surface area contributed by atoms with Crippen LogP contribution in [0, 0.1) is 3.57 Å². The molecule has 2 aromatic heterocycles. The number of amides is 1. The fourth-order valence-corrected chi connectivity index (χ4v) is 2.78. The number of aromatic nitrogens is 2. The van der Waals surface area contributed by atoms with Crippen LogP contribution >= 0.6 is 22.6 Å². The van der Waals surface area contributed by atoms with Crippen LogP contribution in [0.5, 0.6) is 5.75 Å². The average molecular weight is 465 g/mol. The molecule has 0 saturated heterocycles. The van der Waals surface area contributed by atoms with E-state index in [4.69, 9.17) is 9.15 Å². The topological polar surface area (TPSA) is 60.5 Å². The molecule has 3 aromatic rings. The zero-order valence-electron chi connectivity index (χ0n) is 14.7. The van der Waals surface area contributed by atoms with E-state index < -0.39 is 0 Å². The molecular formula is C19H20IN3O3. The number of benzene rings is 1. The van der Waals surface area contributed by atoms with E-state index >= 15 is 0 Å². The molecule has 0 radical (unpaired) electrons. The Labute approximate surface area is 165 Å². The summed E-state index contributed by atoms with van der Waals surface area (Å²) in [6.07, 6.45) is 1.90. The second-order valence-electron chi connectivity index (χ2n) is 5.83. The van der Waals surface area contributed by atoms with Crippen molar-refractivity contribution in [1.82, 2.24) is 14.7 Å². The molecule has 1 aromatic carbocycles. The van der Waals surface area contributed by atoms with Gasteiger partial charge in [0.2, 0.25) is 0 Å². The molecule has 0 fully saturated rings. The summed E-state index contributed by atoms with van der Waals surface area (Å²) in [6, 6.07) is 13.1. The van der Waals surface area contributed by atoms with Crippen molar-refractivity contribution in [1.29, 1.82) is 0 Å². The van der Waals surface area contributed by atoms with Crippen LogP contribution in [0.1, 0.15) is 28.9 Å². The van der Waals surface area contributed by atoms with Crippen molar-refractivity contribution in [2.75, 3.05) is 7.05 Å². The quantitative estimate of drug-likeness (QED) is 0.496. The van der Waals surface area contributed by atoms with Gasteiger partial charge < -0.3 is 14.1 Å². The lowest BCUT2D eigenvalue weighted by Gasteiger charge is -2.14. The zero-order chi connectivity index (χ0) is 18.5. The maximum atomic E-state index is 12.5. The number of carbonyl (C=O) groups excluding carboxylic acids is 1. The minimum atomic E-state index is -0.184. The first kappa shape index (κ1) is 18.5. The van der Waals surface area contributed by atoms with E-state index in [0.29, 0.717) is 18.1 Å². The molecule has 0 spiro atoms. The van der Waals surface area contributed by atoms with E-state index in [2.05, 4.69) is 27.7 Å². The van der Waals surface area contributed by atoms with Gasteiger partial charge in [-0.2, -0.15) is 5.10 Å². The predicted molar refractivity (Wildman–Crippen MR) is 106 cm³/mol. The molecule has 0 unspecified atom stereocenters. The molecule has 0 saturated carbocycles. The van der Waals surface area contributed by atoms with E-state index in [0.717, 1.165) is 21.6 Å². The van der Waals surface area contributed by atoms with Crippen LogP contribution in [0.2, 0.25) is 0 Å². The lowest BCUT2D eigenvalue weighted by Crippen LogP contribution is -2.26. The van der Waals surface area contributed by atoms with E-state index in [9.17, 15) is 4.79 Å². The Morgan fingerprint density at radius 1 is 1.23 bits per heavy atom. The van der Waals surface area contributed by atoms with Crippen molar-refractivity contribution >= 4 is 28.5 Å².